The van der Waals surface area contributed by atoms with E-state index in [0.29, 0.717) is 60.1 Å². The van der Waals surface area contributed by atoms with E-state index >= 15 is 0 Å². The summed E-state index contributed by atoms with van der Waals surface area (Å²) in [7, 11) is 4.56. The summed E-state index contributed by atoms with van der Waals surface area (Å²) in [6.07, 6.45) is 2.70. The van der Waals surface area contributed by atoms with Crippen molar-refractivity contribution in [1.29, 1.82) is 0 Å². The van der Waals surface area contributed by atoms with Gasteiger partial charge in [0.2, 0.25) is 5.91 Å². The van der Waals surface area contributed by atoms with Crippen LogP contribution in [-0.2, 0) is 11.2 Å². The fourth-order valence-electron chi connectivity index (χ4n) is 5.07. The molecule has 198 valence electrons. The third-order valence-electron chi connectivity index (χ3n) is 6.95. The number of anilines is 2. The summed E-state index contributed by atoms with van der Waals surface area (Å²) in [6, 6.07) is 10.5. The fraction of sp³-hybridized carbons (Fsp3) is 0.333. The monoisotopic (exact) mass is 519 g/mol. The van der Waals surface area contributed by atoms with Crippen LogP contribution in [0.25, 0.3) is 5.69 Å². The molecule has 0 saturated carbocycles. The Morgan fingerprint density at radius 3 is 2.24 bits per heavy atom. The summed E-state index contributed by atoms with van der Waals surface area (Å²) >= 11 is 0. The van der Waals surface area contributed by atoms with E-state index in [2.05, 4.69) is 5.10 Å². The van der Waals surface area contributed by atoms with E-state index < -0.39 is 5.91 Å². The van der Waals surface area contributed by atoms with Gasteiger partial charge in [-0.2, -0.15) is 5.10 Å². The summed E-state index contributed by atoms with van der Waals surface area (Å²) in [5.41, 5.74) is 8.19. The fourth-order valence-corrected chi connectivity index (χ4v) is 5.07. The summed E-state index contributed by atoms with van der Waals surface area (Å²) in [5, 5.41) is 4.42. The Labute approximate surface area is 219 Å². The molecule has 1 fully saturated rings. The van der Waals surface area contributed by atoms with Gasteiger partial charge in [0.25, 0.3) is 11.8 Å². The van der Waals surface area contributed by atoms with Crippen LogP contribution in [0.3, 0.4) is 0 Å². The van der Waals surface area contributed by atoms with Gasteiger partial charge in [-0.05, 0) is 43.5 Å². The molecule has 1 saturated heterocycles. The number of carbonyl (C=O) groups excluding carboxylic acids is 3. The number of hydrogen-bond acceptors (Lipinski definition) is 7. The molecule has 38 heavy (non-hydrogen) atoms. The molecular formula is C27H29N5O6. The van der Waals surface area contributed by atoms with Crippen LogP contribution in [0.1, 0.15) is 45.8 Å². The molecule has 3 amide bonds. The third-order valence-corrected chi connectivity index (χ3v) is 6.95. The predicted octanol–water partition coefficient (Wildman–Crippen LogP) is 2.72. The first-order valence-electron chi connectivity index (χ1n) is 12.3. The number of amides is 3. The molecule has 2 N–H and O–H groups in total. The molecule has 3 heterocycles. The Morgan fingerprint density at radius 2 is 1.55 bits per heavy atom. The van der Waals surface area contributed by atoms with Gasteiger partial charge < -0.3 is 29.7 Å². The van der Waals surface area contributed by atoms with Gasteiger partial charge in [-0.1, -0.05) is 0 Å². The topological polar surface area (TPSA) is 129 Å². The average Bonchev–Trinajstić information content (AvgIpc) is 3.34. The standard InChI is InChI=1S/C27H29N5O6/c1-36-20-10-8-17(15-22(20)38-3)32-25-18(24(29-32)26(28)34)11-13-31(27(25)35)19-9-7-16(14-21(19)37-2)30-12-5-4-6-23(30)33/h7-10,14-15H,4-6,11-13H2,1-3H3,(H2,28,34). The van der Waals surface area contributed by atoms with E-state index in [1.54, 1.807) is 40.1 Å². The van der Waals surface area contributed by atoms with Gasteiger partial charge in [0.1, 0.15) is 11.4 Å². The molecule has 0 unspecified atom stereocenters. The molecule has 0 bridgehead atoms. The van der Waals surface area contributed by atoms with Gasteiger partial charge in [-0.25, -0.2) is 4.68 Å². The first kappa shape index (κ1) is 25.1. The van der Waals surface area contributed by atoms with Crippen molar-refractivity contribution in [2.45, 2.75) is 25.7 Å². The number of rotatable bonds is 7. The first-order valence-corrected chi connectivity index (χ1v) is 12.3. The Hall–Kier alpha value is -4.54. The molecule has 2 aromatic carbocycles. The van der Waals surface area contributed by atoms with Crippen molar-refractivity contribution in [3.05, 3.63) is 53.3 Å². The van der Waals surface area contributed by atoms with E-state index in [1.807, 2.05) is 6.07 Å². The second kappa shape index (κ2) is 10.1. The van der Waals surface area contributed by atoms with Crippen molar-refractivity contribution < 1.29 is 28.6 Å². The smallest absolute Gasteiger partial charge is 0.277 e. The highest BCUT2D eigenvalue weighted by molar-refractivity contribution is 6.10. The molecule has 1 aromatic heterocycles. The minimum absolute atomic E-state index is 0.0497. The summed E-state index contributed by atoms with van der Waals surface area (Å²) in [4.78, 5) is 42.0. The molecular weight excluding hydrogens is 490 g/mol. The molecule has 0 aliphatic carbocycles. The van der Waals surface area contributed by atoms with Crippen molar-refractivity contribution in [3.63, 3.8) is 0 Å². The quantitative estimate of drug-likeness (QED) is 0.508. The zero-order valence-electron chi connectivity index (χ0n) is 21.5. The van der Waals surface area contributed by atoms with Gasteiger partial charge in [-0.15, -0.1) is 0 Å². The number of benzene rings is 2. The SMILES string of the molecule is COc1ccc(-n2nc(C(N)=O)c3c2C(=O)N(c2ccc(N4CCCCC4=O)cc2OC)CC3)cc1OC. The van der Waals surface area contributed by atoms with Gasteiger partial charge in [-0.3, -0.25) is 14.4 Å². The van der Waals surface area contributed by atoms with Crippen molar-refractivity contribution in [1.82, 2.24) is 9.78 Å². The Balaban J connectivity index is 1.57. The number of nitrogens with zero attached hydrogens (tertiary/aromatic N) is 4. The number of primary amides is 1. The molecule has 2 aliphatic heterocycles. The lowest BCUT2D eigenvalue weighted by molar-refractivity contribution is -0.119. The van der Waals surface area contributed by atoms with Crippen LogP contribution < -0.4 is 29.7 Å². The molecule has 0 spiro atoms. The van der Waals surface area contributed by atoms with Crippen LogP contribution in [0.5, 0.6) is 17.2 Å². The summed E-state index contributed by atoms with van der Waals surface area (Å²) in [6.45, 7) is 0.940. The maximum atomic E-state index is 14.0. The van der Waals surface area contributed by atoms with E-state index in [4.69, 9.17) is 19.9 Å². The van der Waals surface area contributed by atoms with E-state index in [-0.39, 0.29) is 23.2 Å². The molecule has 0 radical (unpaired) electrons. The zero-order valence-corrected chi connectivity index (χ0v) is 21.5. The van der Waals surface area contributed by atoms with Crippen LogP contribution in [0, 0.1) is 0 Å². The van der Waals surface area contributed by atoms with Crippen molar-refractivity contribution in [2.24, 2.45) is 5.73 Å². The number of fused-ring (bicyclic) bond motifs is 1. The second-order valence-corrected chi connectivity index (χ2v) is 9.06. The van der Waals surface area contributed by atoms with Crippen LogP contribution >= 0.6 is 0 Å². The lowest BCUT2D eigenvalue weighted by Crippen LogP contribution is -2.39. The number of ether oxygens (including phenoxy) is 3. The van der Waals surface area contributed by atoms with Crippen LogP contribution in [0.2, 0.25) is 0 Å². The number of methoxy groups -OCH3 is 3. The van der Waals surface area contributed by atoms with E-state index in [9.17, 15) is 14.4 Å². The maximum absolute atomic E-state index is 14.0. The molecule has 5 rings (SSSR count). The number of piperidine rings is 1. The highest BCUT2D eigenvalue weighted by atomic mass is 16.5. The zero-order chi connectivity index (χ0) is 27.0. The number of hydrogen-bond donors (Lipinski definition) is 1. The molecule has 2 aliphatic rings. The Bertz CT molecular complexity index is 1430. The molecule has 11 heteroatoms. The van der Waals surface area contributed by atoms with Crippen molar-refractivity contribution in [3.8, 4) is 22.9 Å². The van der Waals surface area contributed by atoms with Gasteiger partial charge in [0, 0.05) is 42.9 Å². The lowest BCUT2D eigenvalue weighted by atomic mass is 10.0. The lowest BCUT2D eigenvalue weighted by Gasteiger charge is -2.31. The minimum Gasteiger partial charge on any atom is -0.494 e. The average molecular weight is 520 g/mol. The first-order chi connectivity index (χ1) is 18.4. The van der Waals surface area contributed by atoms with Gasteiger partial charge >= 0.3 is 0 Å². The Kier molecular flexibility index (Phi) is 6.66. The van der Waals surface area contributed by atoms with Gasteiger partial charge in [0.05, 0.1) is 32.7 Å². The second-order valence-electron chi connectivity index (χ2n) is 9.06. The normalized spacial score (nSPS) is 15.3. The summed E-state index contributed by atoms with van der Waals surface area (Å²) < 4.78 is 17.8. The minimum atomic E-state index is -0.713. The molecule has 11 nitrogen and oxygen atoms in total. The van der Waals surface area contributed by atoms with Crippen LogP contribution in [-0.4, -0.2) is 61.9 Å². The highest BCUT2D eigenvalue weighted by Gasteiger charge is 2.36. The van der Waals surface area contributed by atoms with E-state index in [1.165, 1.54) is 26.0 Å². The maximum Gasteiger partial charge on any atom is 0.277 e. The van der Waals surface area contributed by atoms with Crippen molar-refractivity contribution >= 4 is 29.1 Å². The van der Waals surface area contributed by atoms with Crippen LogP contribution in [0.4, 0.5) is 11.4 Å². The van der Waals surface area contributed by atoms with Crippen molar-refractivity contribution in [2.75, 3.05) is 44.2 Å². The number of nitrogens with two attached hydrogens (primary N) is 1. The number of carbonyl (C=O) groups is 3. The van der Waals surface area contributed by atoms with E-state index in [0.717, 1.165) is 18.5 Å². The largest absolute Gasteiger partial charge is 0.494 e. The highest BCUT2D eigenvalue weighted by Crippen LogP contribution is 2.38. The summed E-state index contributed by atoms with van der Waals surface area (Å²) in [5.74, 6) is 0.417. The molecule has 0 atom stereocenters. The Morgan fingerprint density at radius 1 is 0.842 bits per heavy atom. The third kappa shape index (κ3) is 4.19. The predicted molar refractivity (Wildman–Crippen MR) is 140 cm³/mol. The number of aromatic nitrogens is 2. The molecule has 3 aromatic rings. The van der Waals surface area contributed by atoms with Gasteiger partial charge in [0.15, 0.2) is 17.2 Å². The van der Waals surface area contributed by atoms with Crippen LogP contribution in [0.15, 0.2) is 36.4 Å².